The van der Waals surface area contributed by atoms with Gasteiger partial charge >= 0.3 is 0 Å². The first-order chi connectivity index (χ1) is 9.20. The molecule has 1 aromatic carbocycles. The fraction of sp³-hybridized carbons (Fsp3) is 0.385. The molecule has 100 valence electrons. The zero-order chi connectivity index (χ0) is 13.2. The molecule has 2 aromatic rings. The second-order valence-corrected chi connectivity index (χ2v) is 5.14. The fourth-order valence-corrected chi connectivity index (χ4v) is 2.40. The van der Waals surface area contributed by atoms with Crippen molar-refractivity contribution in [2.45, 2.75) is 19.1 Å². The standard InChI is InChI=1S/C13H14ClN3O2/c14-10-3-1-2-9(6-10)13-15-12(16-19-13)8-17-5-4-11(18)7-17/h1-3,6,11,18H,4-5,7-8H2. The van der Waals surface area contributed by atoms with Crippen LogP contribution in [0.2, 0.25) is 5.02 Å². The molecule has 0 saturated carbocycles. The molecular formula is C13H14ClN3O2. The number of likely N-dealkylation sites (tertiary alicyclic amines) is 1. The molecule has 0 spiro atoms. The first-order valence-electron chi connectivity index (χ1n) is 6.19. The van der Waals surface area contributed by atoms with Gasteiger partial charge in [-0.1, -0.05) is 22.8 Å². The third-order valence-electron chi connectivity index (χ3n) is 3.15. The topological polar surface area (TPSA) is 62.4 Å². The van der Waals surface area contributed by atoms with Crippen molar-refractivity contribution in [2.24, 2.45) is 0 Å². The van der Waals surface area contributed by atoms with E-state index in [2.05, 4.69) is 15.0 Å². The molecule has 2 heterocycles. The molecule has 1 aromatic heterocycles. The van der Waals surface area contributed by atoms with Crippen molar-refractivity contribution in [2.75, 3.05) is 13.1 Å². The quantitative estimate of drug-likeness (QED) is 0.930. The molecule has 0 radical (unpaired) electrons. The molecule has 1 N–H and O–H groups in total. The SMILES string of the molecule is OC1CCN(Cc2noc(-c3cccc(Cl)c3)n2)C1. The summed E-state index contributed by atoms with van der Waals surface area (Å²) in [6.45, 7) is 2.13. The van der Waals surface area contributed by atoms with E-state index >= 15 is 0 Å². The van der Waals surface area contributed by atoms with Gasteiger partial charge in [0.25, 0.3) is 5.89 Å². The second kappa shape index (κ2) is 5.28. The minimum atomic E-state index is -0.237. The Hall–Kier alpha value is -1.43. The van der Waals surface area contributed by atoms with Gasteiger partial charge in [0, 0.05) is 23.7 Å². The number of rotatable bonds is 3. The highest BCUT2D eigenvalue weighted by Gasteiger charge is 2.22. The van der Waals surface area contributed by atoms with Crippen LogP contribution in [-0.2, 0) is 6.54 Å². The summed E-state index contributed by atoms with van der Waals surface area (Å²) in [6.07, 6.45) is 0.568. The van der Waals surface area contributed by atoms with Gasteiger partial charge in [-0.25, -0.2) is 0 Å². The van der Waals surface area contributed by atoms with Crippen molar-refractivity contribution >= 4 is 11.6 Å². The Kier molecular flexibility index (Phi) is 3.50. The predicted octanol–water partition coefficient (Wildman–Crippen LogP) is 1.96. The third-order valence-corrected chi connectivity index (χ3v) is 3.39. The van der Waals surface area contributed by atoms with Crippen LogP contribution >= 0.6 is 11.6 Å². The second-order valence-electron chi connectivity index (χ2n) is 4.70. The Morgan fingerprint density at radius 1 is 1.47 bits per heavy atom. The molecule has 3 rings (SSSR count). The van der Waals surface area contributed by atoms with Crippen molar-refractivity contribution in [3.8, 4) is 11.5 Å². The van der Waals surface area contributed by atoms with E-state index in [1.807, 2.05) is 12.1 Å². The first-order valence-corrected chi connectivity index (χ1v) is 6.57. The van der Waals surface area contributed by atoms with Gasteiger partial charge in [-0.2, -0.15) is 4.98 Å². The van der Waals surface area contributed by atoms with Gasteiger partial charge in [-0.3, -0.25) is 4.90 Å². The molecule has 1 aliphatic heterocycles. The molecule has 1 atom stereocenters. The normalized spacial score (nSPS) is 20.0. The van der Waals surface area contributed by atoms with Crippen molar-refractivity contribution in [3.05, 3.63) is 35.1 Å². The summed E-state index contributed by atoms with van der Waals surface area (Å²) in [5.74, 6) is 1.10. The number of benzene rings is 1. The van der Waals surface area contributed by atoms with Crippen LogP contribution in [0.15, 0.2) is 28.8 Å². The molecule has 1 saturated heterocycles. The highest BCUT2D eigenvalue weighted by atomic mass is 35.5. The Morgan fingerprint density at radius 2 is 2.37 bits per heavy atom. The lowest BCUT2D eigenvalue weighted by Crippen LogP contribution is -2.22. The van der Waals surface area contributed by atoms with Crippen molar-refractivity contribution in [3.63, 3.8) is 0 Å². The maximum absolute atomic E-state index is 9.47. The number of aliphatic hydroxyl groups is 1. The van der Waals surface area contributed by atoms with Crippen LogP contribution in [0.5, 0.6) is 0 Å². The maximum atomic E-state index is 9.47. The Morgan fingerprint density at radius 3 is 3.11 bits per heavy atom. The van der Waals surface area contributed by atoms with Gasteiger partial charge in [0.1, 0.15) is 0 Å². The minimum Gasteiger partial charge on any atom is -0.392 e. The average molecular weight is 280 g/mol. The lowest BCUT2D eigenvalue weighted by Gasteiger charge is -2.10. The molecule has 0 aliphatic carbocycles. The van der Waals surface area contributed by atoms with E-state index < -0.39 is 0 Å². The van der Waals surface area contributed by atoms with Gasteiger partial charge in [-0.05, 0) is 24.6 Å². The van der Waals surface area contributed by atoms with Crippen LogP contribution < -0.4 is 0 Å². The summed E-state index contributed by atoms with van der Waals surface area (Å²) in [7, 11) is 0. The molecule has 1 unspecified atom stereocenters. The number of hydrogen-bond donors (Lipinski definition) is 1. The van der Waals surface area contributed by atoms with Crippen LogP contribution in [0.25, 0.3) is 11.5 Å². The van der Waals surface area contributed by atoms with Gasteiger partial charge in [-0.15, -0.1) is 0 Å². The van der Waals surface area contributed by atoms with Gasteiger partial charge < -0.3 is 9.63 Å². The number of hydrogen-bond acceptors (Lipinski definition) is 5. The first kappa shape index (κ1) is 12.6. The van der Waals surface area contributed by atoms with Crippen LogP contribution in [0, 0.1) is 0 Å². The Labute approximate surface area is 115 Å². The maximum Gasteiger partial charge on any atom is 0.258 e. The number of halogens is 1. The Balaban J connectivity index is 1.73. The number of β-amino-alcohol motifs (C(OH)–C–C–N with tert-alkyl or cyclic N) is 1. The minimum absolute atomic E-state index is 0.237. The van der Waals surface area contributed by atoms with Crippen molar-refractivity contribution in [1.82, 2.24) is 15.0 Å². The summed E-state index contributed by atoms with van der Waals surface area (Å²) in [5, 5.41) is 14.1. The third kappa shape index (κ3) is 2.94. The van der Waals surface area contributed by atoms with E-state index in [9.17, 15) is 5.11 Å². The monoisotopic (exact) mass is 279 g/mol. The van der Waals surface area contributed by atoms with E-state index in [1.54, 1.807) is 12.1 Å². The van der Waals surface area contributed by atoms with E-state index in [4.69, 9.17) is 16.1 Å². The molecule has 1 aliphatic rings. The van der Waals surface area contributed by atoms with Crippen LogP contribution in [0.3, 0.4) is 0 Å². The lowest BCUT2D eigenvalue weighted by molar-refractivity contribution is 0.173. The van der Waals surface area contributed by atoms with Crippen LogP contribution in [0.4, 0.5) is 0 Å². The van der Waals surface area contributed by atoms with E-state index in [1.165, 1.54) is 0 Å². The highest BCUT2D eigenvalue weighted by molar-refractivity contribution is 6.30. The van der Waals surface area contributed by atoms with Gasteiger partial charge in [0.05, 0.1) is 12.6 Å². The number of aliphatic hydroxyl groups excluding tert-OH is 1. The number of nitrogens with zero attached hydrogens (tertiary/aromatic N) is 3. The molecule has 5 nitrogen and oxygen atoms in total. The molecule has 0 amide bonds. The summed E-state index contributed by atoms with van der Waals surface area (Å²) >= 11 is 5.93. The zero-order valence-corrected chi connectivity index (χ0v) is 11.0. The molecule has 1 fully saturated rings. The molecule has 0 bridgehead atoms. The Bertz CT molecular complexity index is 573. The van der Waals surface area contributed by atoms with Crippen LogP contribution in [0.1, 0.15) is 12.2 Å². The fourth-order valence-electron chi connectivity index (χ4n) is 2.21. The van der Waals surface area contributed by atoms with Crippen LogP contribution in [-0.4, -0.2) is 39.3 Å². The smallest absolute Gasteiger partial charge is 0.258 e. The summed E-state index contributed by atoms with van der Waals surface area (Å²) in [6, 6.07) is 7.31. The average Bonchev–Trinajstić information content (AvgIpc) is 2.99. The van der Waals surface area contributed by atoms with Crippen molar-refractivity contribution < 1.29 is 9.63 Å². The van der Waals surface area contributed by atoms with Gasteiger partial charge in [0.2, 0.25) is 0 Å². The van der Waals surface area contributed by atoms with E-state index in [0.717, 1.165) is 18.5 Å². The zero-order valence-electron chi connectivity index (χ0n) is 10.3. The summed E-state index contributed by atoms with van der Waals surface area (Å²) < 4.78 is 5.23. The largest absolute Gasteiger partial charge is 0.392 e. The lowest BCUT2D eigenvalue weighted by atomic mass is 10.2. The van der Waals surface area contributed by atoms with Gasteiger partial charge in [0.15, 0.2) is 5.82 Å². The molecule has 19 heavy (non-hydrogen) atoms. The summed E-state index contributed by atoms with van der Waals surface area (Å²) in [4.78, 5) is 6.46. The molecule has 6 heteroatoms. The van der Waals surface area contributed by atoms with Crippen molar-refractivity contribution in [1.29, 1.82) is 0 Å². The molecular weight excluding hydrogens is 266 g/mol. The van der Waals surface area contributed by atoms with E-state index in [0.29, 0.717) is 29.8 Å². The van der Waals surface area contributed by atoms with E-state index in [-0.39, 0.29) is 6.10 Å². The predicted molar refractivity (Wildman–Crippen MR) is 70.6 cm³/mol. The highest BCUT2D eigenvalue weighted by Crippen LogP contribution is 2.21. The summed E-state index contributed by atoms with van der Waals surface area (Å²) in [5.41, 5.74) is 0.813. The number of aromatic nitrogens is 2.